The zero-order valence-corrected chi connectivity index (χ0v) is 15.4. The molecule has 3 rings (SSSR count). The largest absolute Gasteiger partial charge is 0.345 e. The lowest BCUT2D eigenvalue weighted by molar-refractivity contribution is 0.0940. The van der Waals surface area contributed by atoms with Crippen LogP contribution in [0, 0.1) is 6.92 Å². The molecule has 3 aromatic carbocycles. The Morgan fingerprint density at radius 2 is 1.41 bits per heavy atom. The first-order valence-corrected chi connectivity index (χ1v) is 8.88. The zero-order chi connectivity index (χ0) is 19.2. The van der Waals surface area contributed by atoms with Crippen LogP contribution in [0.4, 0.5) is 5.69 Å². The molecule has 4 nitrogen and oxygen atoms in total. The number of hydrogen-bond acceptors (Lipinski definition) is 2. The summed E-state index contributed by atoms with van der Waals surface area (Å²) in [7, 11) is 0. The Hall–Kier alpha value is -3.40. The molecule has 1 atom stereocenters. The molecular formula is C23H22N2O2. The molecule has 0 aliphatic carbocycles. The van der Waals surface area contributed by atoms with Gasteiger partial charge in [0.1, 0.15) is 0 Å². The standard InChI is InChI=1S/C23H22N2O2/c1-16-10-6-7-13-19(16)17(2)24-23(27)20-14-8-9-15-21(20)25-22(26)18-11-4-3-5-12-18/h3-15,17H,1-2H3,(H,24,27)(H,25,26). The van der Waals surface area contributed by atoms with Gasteiger partial charge in [0.2, 0.25) is 0 Å². The molecule has 2 N–H and O–H groups in total. The minimum atomic E-state index is -0.247. The molecule has 136 valence electrons. The Morgan fingerprint density at radius 1 is 0.778 bits per heavy atom. The summed E-state index contributed by atoms with van der Waals surface area (Å²) in [4.78, 5) is 25.3. The smallest absolute Gasteiger partial charge is 0.255 e. The molecule has 1 unspecified atom stereocenters. The van der Waals surface area contributed by atoms with E-state index in [1.165, 1.54) is 0 Å². The van der Waals surface area contributed by atoms with E-state index in [9.17, 15) is 9.59 Å². The second kappa shape index (κ2) is 8.32. The number of carbonyl (C=O) groups is 2. The van der Waals surface area contributed by atoms with Crippen molar-refractivity contribution >= 4 is 17.5 Å². The maximum atomic E-state index is 12.8. The van der Waals surface area contributed by atoms with Gasteiger partial charge in [0.25, 0.3) is 11.8 Å². The monoisotopic (exact) mass is 358 g/mol. The number of para-hydroxylation sites is 1. The van der Waals surface area contributed by atoms with Crippen LogP contribution in [0.5, 0.6) is 0 Å². The minimum Gasteiger partial charge on any atom is -0.345 e. The van der Waals surface area contributed by atoms with Crippen molar-refractivity contribution in [2.45, 2.75) is 19.9 Å². The summed E-state index contributed by atoms with van der Waals surface area (Å²) in [5, 5.41) is 5.85. The zero-order valence-electron chi connectivity index (χ0n) is 15.4. The van der Waals surface area contributed by atoms with Crippen LogP contribution in [-0.4, -0.2) is 11.8 Å². The highest BCUT2D eigenvalue weighted by atomic mass is 16.2. The van der Waals surface area contributed by atoms with Gasteiger partial charge in [0.15, 0.2) is 0 Å². The molecule has 27 heavy (non-hydrogen) atoms. The van der Waals surface area contributed by atoms with Gasteiger partial charge in [0.05, 0.1) is 17.3 Å². The summed E-state index contributed by atoms with van der Waals surface area (Å²) in [6.45, 7) is 3.97. The van der Waals surface area contributed by atoms with Crippen LogP contribution in [-0.2, 0) is 0 Å². The number of anilines is 1. The quantitative estimate of drug-likeness (QED) is 0.692. The average molecular weight is 358 g/mol. The van der Waals surface area contributed by atoms with Crippen LogP contribution in [0.1, 0.15) is 44.8 Å². The highest BCUT2D eigenvalue weighted by Crippen LogP contribution is 2.20. The summed E-state index contributed by atoms with van der Waals surface area (Å²) >= 11 is 0. The number of rotatable bonds is 5. The first-order valence-electron chi connectivity index (χ1n) is 8.88. The molecule has 0 fully saturated rings. The van der Waals surface area contributed by atoms with Crippen molar-refractivity contribution in [1.82, 2.24) is 5.32 Å². The van der Waals surface area contributed by atoms with Crippen molar-refractivity contribution in [2.75, 3.05) is 5.32 Å². The van der Waals surface area contributed by atoms with Gasteiger partial charge in [-0.3, -0.25) is 9.59 Å². The van der Waals surface area contributed by atoms with Crippen molar-refractivity contribution in [3.8, 4) is 0 Å². The van der Waals surface area contributed by atoms with Gasteiger partial charge in [0, 0.05) is 5.56 Å². The average Bonchev–Trinajstić information content (AvgIpc) is 2.69. The molecule has 0 aliphatic heterocycles. The molecule has 0 bridgehead atoms. The van der Waals surface area contributed by atoms with Crippen molar-refractivity contribution in [3.63, 3.8) is 0 Å². The predicted octanol–water partition coefficient (Wildman–Crippen LogP) is 4.74. The van der Waals surface area contributed by atoms with Crippen LogP contribution >= 0.6 is 0 Å². The topological polar surface area (TPSA) is 58.2 Å². The molecule has 0 radical (unpaired) electrons. The van der Waals surface area contributed by atoms with Crippen LogP contribution in [0.25, 0.3) is 0 Å². The summed E-state index contributed by atoms with van der Waals surface area (Å²) in [6.07, 6.45) is 0. The van der Waals surface area contributed by atoms with Crippen LogP contribution in [0.3, 0.4) is 0 Å². The SMILES string of the molecule is Cc1ccccc1C(C)NC(=O)c1ccccc1NC(=O)c1ccccc1. The van der Waals surface area contributed by atoms with E-state index in [2.05, 4.69) is 10.6 Å². The number of hydrogen-bond donors (Lipinski definition) is 2. The van der Waals surface area contributed by atoms with Crippen LogP contribution in [0.15, 0.2) is 78.9 Å². The molecular weight excluding hydrogens is 336 g/mol. The fraction of sp³-hybridized carbons (Fsp3) is 0.130. The molecule has 0 aliphatic rings. The van der Waals surface area contributed by atoms with E-state index >= 15 is 0 Å². The summed E-state index contributed by atoms with van der Waals surface area (Å²) in [5.74, 6) is -0.475. The fourth-order valence-corrected chi connectivity index (χ4v) is 3.00. The number of nitrogens with one attached hydrogen (secondary N) is 2. The third-order valence-corrected chi connectivity index (χ3v) is 4.46. The Balaban J connectivity index is 1.78. The summed E-state index contributed by atoms with van der Waals surface area (Å²) < 4.78 is 0. The summed E-state index contributed by atoms with van der Waals surface area (Å²) in [5.41, 5.74) is 3.65. The normalized spacial score (nSPS) is 11.5. The van der Waals surface area contributed by atoms with E-state index < -0.39 is 0 Å². The molecule has 0 aromatic heterocycles. The number of amides is 2. The van der Waals surface area contributed by atoms with E-state index in [0.717, 1.165) is 11.1 Å². The van der Waals surface area contributed by atoms with E-state index in [0.29, 0.717) is 16.8 Å². The first kappa shape index (κ1) is 18.4. The van der Waals surface area contributed by atoms with Gasteiger partial charge in [-0.15, -0.1) is 0 Å². The van der Waals surface area contributed by atoms with Crippen LogP contribution in [0.2, 0.25) is 0 Å². The maximum absolute atomic E-state index is 12.8. The summed E-state index contributed by atoms with van der Waals surface area (Å²) in [6, 6.07) is 23.8. The molecule has 3 aromatic rings. The third-order valence-electron chi connectivity index (χ3n) is 4.46. The molecule has 0 saturated carbocycles. The highest BCUT2D eigenvalue weighted by molar-refractivity contribution is 6.09. The minimum absolute atomic E-state index is 0.142. The molecule has 0 heterocycles. The van der Waals surface area contributed by atoms with Crippen molar-refractivity contribution in [2.24, 2.45) is 0 Å². The molecule has 4 heteroatoms. The predicted molar refractivity (Wildman–Crippen MR) is 108 cm³/mol. The number of benzene rings is 3. The second-order valence-corrected chi connectivity index (χ2v) is 6.42. The van der Waals surface area contributed by atoms with Crippen molar-refractivity contribution in [3.05, 3.63) is 101 Å². The molecule has 0 spiro atoms. The van der Waals surface area contributed by atoms with E-state index in [1.54, 1.807) is 48.5 Å². The Morgan fingerprint density at radius 3 is 2.15 bits per heavy atom. The van der Waals surface area contributed by atoms with E-state index in [4.69, 9.17) is 0 Å². The van der Waals surface area contributed by atoms with Gasteiger partial charge < -0.3 is 10.6 Å². The van der Waals surface area contributed by atoms with Gasteiger partial charge >= 0.3 is 0 Å². The Labute approximate surface area is 159 Å². The maximum Gasteiger partial charge on any atom is 0.255 e. The van der Waals surface area contributed by atoms with Gasteiger partial charge in [-0.25, -0.2) is 0 Å². The lowest BCUT2D eigenvalue weighted by atomic mass is 10.0. The second-order valence-electron chi connectivity index (χ2n) is 6.42. The Bertz CT molecular complexity index is 951. The van der Waals surface area contributed by atoms with Gasteiger partial charge in [-0.2, -0.15) is 0 Å². The lowest BCUT2D eigenvalue weighted by Gasteiger charge is -2.18. The number of aryl methyl sites for hydroxylation is 1. The molecule has 2 amide bonds. The van der Waals surface area contributed by atoms with Crippen molar-refractivity contribution < 1.29 is 9.59 Å². The van der Waals surface area contributed by atoms with E-state index in [1.807, 2.05) is 44.2 Å². The molecule has 0 saturated heterocycles. The van der Waals surface area contributed by atoms with E-state index in [-0.39, 0.29) is 17.9 Å². The van der Waals surface area contributed by atoms with Gasteiger partial charge in [-0.1, -0.05) is 54.6 Å². The number of carbonyl (C=O) groups excluding carboxylic acids is 2. The fourth-order valence-electron chi connectivity index (χ4n) is 3.00. The van der Waals surface area contributed by atoms with Gasteiger partial charge in [-0.05, 0) is 49.2 Å². The lowest BCUT2D eigenvalue weighted by Crippen LogP contribution is -2.28. The first-order chi connectivity index (χ1) is 13.1. The third kappa shape index (κ3) is 4.42. The highest BCUT2D eigenvalue weighted by Gasteiger charge is 2.17. The Kier molecular flexibility index (Phi) is 5.67. The van der Waals surface area contributed by atoms with Crippen molar-refractivity contribution in [1.29, 1.82) is 0 Å². The van der Waals surface area contributed by atoms with Crippen LogP contribution < -0.4 is 10.6 Å².